The fourth-order valence-corrected chi connectivity index (χ4v) is 2.41. The maximum Gasteiger partial charge on any atom is 0.222 e. The smallest absolute Gasteiger partial charge is 0.222 e. The van der Waals surface area contributed by atoms with Crippen LogP contribution in [0.25, 0.3) is 0 Å². The molecule has 1 aliphatic rings. The molecule has 0 aliphatic carbocycles. The molecule has 0 radical (unpaired) electrons. The molecule has 1 aliphatic heterocycles. The van der Waals surface area contributed by atoms with Gasteiger partial charge in [0.1, 0.15) is 0 Å². The SMILES string of the molecule is O=C(CN1CCCCCCC1=O)c1ccc(Cl)cc1. The van der Waals surface area contributed by atoms with Crippen LogP contribution in [0.15, 0.2) is 24.3 Å². The van der Waals surface area contributed by atoms with Crippen LogP contribution in [0.3, 0.4) is 0 Å². The van der Waals surface area contributed by atoms with Crippen molar-refractivity contribution in [1.29, 1.82) is 0 Å². The number of benzene rings is 1. The van der Waals surface area contributed by atoms with Crippen LogP contribution in [0.1, 0.15) is 42.5 Å². The van der Waals surface area contributed by atoms with E-state index in [0.717, 1.165) is 25.7 Å². The zero-order valence-electron chi connectivity index (χ0n) is 10.9. The maximum atomic E-state index is 12.1. The highest BCUT2D eigenvalue weighted by Crippen LogP contribution is 2.14. The number of likely N-dealkylation sites (tertiary alicyclic amines) is 1. The highest BCUT2D eigenvalue weighted by Gasteiger charge is 2.19. The molecule has 0 bridgehead atoms. The molecule has 1 saturated heterocycles. The Hall–Kier alpha value is -1.35. The highest BCUT2D eigenvalue weighted by molar-refractivity contribution is 6.30. The standard InChI is InChI=1S/C15H18ClNO2/c16-13-8-6-12(7-9-13)14(18)11-17-10-4-2-1-3-5-15(17)19/h6-9H,1-5,10-11H2. The number of rotatable bonds is 3. The first-order valence-electron chi connectivity index (χ1n) is 6.73. The number of carbonyl (C=O) groups excluding carboxylic acids is 2. The summed E-state index contributed by atoms with van der Waals surface area (Å²) in [5.74, 6) is 0.0765. The number of amides is 1. The summed E-state index contributed by atoms with van der Waals surface area (Å²) in [7, 11) is 0. The first-order chi connectivity index (χ1) is 9.16. The van der Waals surface area contributed by atoms with E-state index in [1.165, 1.54) is 0 Å². The second-order valence-electron chi connectivity index (χ2n) is 4.91. The quantitative estimate of drug-likeness (QED) is 0.796. The molecule has 102 valence electrons. The summed E-state index contributed by atoms with van der Waals surface area (Å²) in [6.45, 7) is 0.874. The van der Waals surface area contributed by atoms with Crippen molar-refractivity contribution >= 4 is 23.3 Å². The number of ketones is 1. The van der Waals surface area contributed by atoms with Crippen molar-refractivity contribution in [2.45, 2.75) is 32.1 Å². The van der Waals surface area contributed by atoms with Gasteiger partial charge in [-0.2, -0.15) is 0 Å². The number of carbonyl (C=O) groups is 2. The zero-order chi connectivity index (χ0) is 13.7. The number of hydrogen-bond donors (Lipinski definition) is 0. The van der Waals surface area contributed by atoms with Gasteiger partial charge in [-0.05, 0) is 37.1 Å². The molecule has 0 saturated carbocycles. The molecule has 1 aromatic carbocycles. The van der Waals surface area contributed by atoms with Gasteiger partial charge in [0.25, 0.3) is 0 Å². The fraction of sp³-hybridized carbons (Fsp3) is 0.467. The molecule has 2 rings (SSSR count). The van der Waals surface area contributed by atoms with Crippen molar-refractivity contribution in [2.24, 2.45) is 0 Å². The van der Waals surface area contributed by atoms with Gasteiger partial charge in [0, 0.05) is 23.6 Å². The van der Waals surface area contributed by atoms with Gasteiger partial charge in [0.15, 0.2) is 5.78 Å². The molecule has 0 aromatic heterocycles. The summed E-state index contributed by atoms with van der Waals surface area (Å²) in [5, 5.41) is 0.610. The average molecular weight is 280 g/mol. The molecule has 0 spiro atoms. The van der Waals surface area contributed by atoms with Gasteiger partial charge in [-0.3, -0.25) is 9.59 Å². The molecule has 4 heteroatoms. The van der Waals surface area contributed by atoms with E-state index in [4.69, 9.17) is 11.6 Å². The summed E-state index contributed by atoms with van der Waals surface area (Å²) >= 11 is 5.80. The molecule has 1 fully saturated rings. The minimum atomic E-state index is -0.0226. The van der Waals surface area contributed by atoms with Crippen LogP contribution in [0.4, 0.5) is 0 Å². The van der Waals surface area contributed by atoms with Crippen LogP contribution in [0, 0.1) is 0 Å². The van der Waals surface area contributed by atoms with Gasteiger partial charge in [-0.15, -0.1) is 0 Å². The summed E-state index contributed by atoms with van der Waals surface area (Å²) in [6.07, 6.45) is 4.74. The Morgan fingerprint density at radius 2 is 1.79 bits per heavy atom. The Morgan fingerprint density at radius 1 is 1.11 bits per heavy atom. The van der Waals surface area contributed by atoms with Crippen molar-refractivity contribution in [3.05, 3.63) is 34.9 Å². The van der Waals surface area contributed by atoms with E-state index in [1.54, 1.807) is 29.2 Å². The molecule has 0 N–H and O–H groups in total. The number of hydrogen-bond acceptors (Lipinski definition) is 2. The number of nitrogens with zero attached hydrogens (tertiary/aromatic N) is 1. The van der Waals surface area contributed by atoms with Gasteiger partial charge >= 0.3 is 0 Å². The first-order valence-corrected chi connectivity index (χ1v) is 7.11. The fourth-order valence-electron chi connectivity index (χ4n) is 2.28. The van der Waals surface area contributed by atoms with Gasteiger partial charge < -0.3 is 4.90 Å². The van der Waals surface area contributed by atoms with Crippen LogP contribution in [-0.2, 0) is 4.79 Å². The summed E-state index contributed by atoms with van der Waals surface area (Å²) in [4.78, 5) is 25.8. The summed E-state index contributed by atoms with van der Waals surface area (Å²) in [6, 6.07) is 6.81. The summed E-state index contributed by atoms with van der Waals surface area (Å²) < 4.78 is 0. The van der Waals surface area contributed by atoms with Gasteiger partial charge in [0.05, 0.1) is 6.54 Å². The van der Waals surface area contributed by atoms with Gasteiger partial charge in [0.2, 0.25) is 5.91 Å². The molecule has 3 nitrogen and oxygen atoms in total. The maximum absolute atomic E-state index is 12.1. The van der Waals surface area contributed by atoms with E-state index < -0.39 is 0 Å². The van der Waals surface area contributed by atoms with Crippen molar-refractivity contribution in [3.63, 3.8) is 0 Å². The van der Waals surface area contributed by atoms with E-state index in [0.29, 0.717) is 23.6 Å². The Balaban J connectivity index is 2.00. The van der Waals surface area contributed by atoms with Gasteiger partial charge in [-0.25, -0.2) is 0 Å². The lowest BCUT2D eigenvalue weighted by Gasteiger charge is -2.24. The van der Waals surface area contributed by atoms with Crippen molar-refractivity contribution in [1.82, 2.24) is 4.90 Å². The monoisotopic (exact) mass is 279 g/mol. The molecule has 1 amide bonds. The third-order valence-electron chi connectivity index (χ3n) is 3.42. The largest absolute Gasteiger partial charge is 0.335 e. The lowest BCUT2D eigenvalue weighted by atomic mass is 10.1. The predicted molar refractivity (Wildman–Crippen MR) is 75.4 cm³/mol. The molecule has 1 aromatic rings. The highest BCUT2D eigenvalue weighted by atomic mass is 35.5. The number of Topliss-reactive ketones (excluding diaryl/α,β-unsaturated/α-hetero) is 1. The van der Waals surface area contributed by atoms with Crippen LogP contribution in [0.2, 0.25) is 5.02 Å². The minimum Gasteiger partial charge on any atom is -0.335 e. The topological polar surface area (TPSA) is 37.4 Å². The Labute approximate surface area is 118 Å². The second-order valence-corrected chi connectivity index (χ2v) is 5.35. The van der Waals surface area contributed by atoms with Crippen LogP contribution >= 0.6 is 11.6 Å². The van der Waals surface area contributed by atoms with Crippen molar-refractivity contribution in [3.8, 4) is 0 Å². The van der Waals surface area contributed by atoms with E-state index in [9.17, 15) is 9.59 Å². The Kier molecular flexibility index (Phi) is 4.97. The van der Waals surface area contributed by atoms with E-state index in [1.807, 2.05) is 0 Å². The third-order valence-corrected chi connectivity index (χ3v) is 3.67. The summed E-state index contributed by atoms with van der Waals surface area (Å²) in [5.41, 5.74) is 0.610. The van der Waals surface area contributed by atoms with Crippen LogP contribution in [-0.4, -0.2) is 29.7 Å². The van der Waals surface area contributed by atoms with E-state index in [-0.39, 0.29) is 18.2 Å². The predicted octanol–water partition coefficient (Wildman–Crippen LogP) is 3.32. The Bertz CT molecular complexity index is 456. The zero-order valence-corrected chi connectivity index (χ0v) is 11.7. The third kappa shape index (κ3) is 4.06. The molecular weight excluding hydrogens is 262 g/mol. The molecule has 19 heavy (non-hydrogen) atoms. The lowest BCUT2D eigenvalue weighted by Crippen LogP contribution is -2.37. The minimum absolute atomic E-state index is 0.0226. The molecular formula is C15H18ClNO2. The lowest BCUT2D eigenvalue weighted by molar-refractivity contribution is -0.131. The molecule has 0 unspecified atom stereocenters. The van der Waals surface area contributed by atoms with Crippen LogP contribution < -0.4 is 0 Å². The number of halogens is 1. The molecule has 1 heterocycles. The van der Waals surface area contributed by atoms with Crippen LogP contribution in [0.5, 0.6) is 0 Å². The average Bonchev–Trinajstić information content (AvgIpc) is 2.39. The van der Waals surface area contributed by atoms with Gasteiger partial charge in [-0.1, -0.05) is 24.4 Å². The Morgan fingerprint density at radius 3 is 2.53 bits per heavy atom. The first kappa shape index (κ1) is 14.1. The molecule has 0 atom stereocenters. The second kappa shape index (κ2) is 6.71. The van der Waals surface area contributed by atoms with E-state index in [2.05, 4.69) is 0 Å². The van der Waals surface area contributed by atoms with Crippen molar-refractivity contribution in [2.75, 3.05) is 13.1 Å². The van der Waals surface area contributed by atoms with Crippen molar-refractivity contribution < 1.29 is 9.59 Å². The van der Waals surface area contributed by atoms with E-state index >= 15 is 0 Å². The normalized spacial score (nSPS) is 16.9.